The average molecular weight is 229 g/mol. The van der Waals surface area contributed by atoms with Crippen molar-refractivity contribution in [2.24, 2.45) is 11.3 Å². The van der Waals surface area contributed by atoms with Gasteiger partial charge in [-0.05, 0) is 36.9 Å². The molecule has 2 heteroatoms. The summed E-state index contributed by atoms with van der Waals surface area (Å²) in [6.07, 6.45) is 2.64. The Hall–Kier alpha value is 0.310. The summed E-state index contributed by atoms with van der Waals surface area (Å²) in [5, 5.41) is 3.82. The number of thioether (sulfide) groups is 1. The van der Waals surface area contributed by atoms with Gasteiger partial charge in [-0.15, -0.1) is 0 Å². The minimum absolute atomic E-state index is 0.483. The maximum Gasteiger partial charge on any atom is 0.0212 e. The molecule has 0 radical (unpaired) electrons. The fourth-order valence-electron chi connectivity index (χ4n) is 2.33. The molecule has 0 amide bonds. The van der Waals surface area contributed by atoms with E-state index in [1.807, 2.05) is 0 Å². The molecule has 1 heterocycles. The van der Waals surface area contributed by atoms with Gasteiger partial charge in [-0.2, -0.15) is 11.8 Å². The van der Waals surface area contributed by atoms with Crippen LogP contribution in [0.25, 0.3) is 0 Å². The first kappa shape index (κ1) is 13.4. The Kier molecular flexibility index (Phi) is 4.98. The fourth-order valence-corrected chi connectivity index (χ4v) is 3.95. The number of rotatable bonds is 4. The Morgan fingerprint density at radius 3 is 2.53 bits per heavy atom. The normalized spacial score (nSPS) is 28.0. The molecule has 1 nitrogen and oxygen atoms in total. The van der Waals surface area contributed by atoms with Crippen LogP contribution in [0.15, 0.2) is 0 Å². The molecule has 0 aromatic carbocycles. The molecule has 1 rings (SSSR count). The van der Waals surface area contributed by atoms with Crippen LogP contribution in [0.1, 0.15) is 47.5 Å². The van der Waals surface area contributed by atoms with Crippen LogP contribution in [0.2, 0.25) is 0 Å². The van der Waals surface area contributed by atoms with E-state index in [1.54, 1.807) is 0 Å². The van der Waals surface area contributed by atoms with Crippen LogP contribution < -0.4 is 5.32 Å². The van der Waals surface area contributed by atoms with Crippen LogP contribution >= 0.6 is 11.8 Å². The highest BCUT2D eigenvalue weighted by Crippen LogP contribution is 2.34. The van der Waals surface area contributed by atoms with Crippen LogP contribution in [0, 0.1) is 11.3 Å². The molecule has 1 N–H and O–H groups in total. The Balaban J connectivity index is 2.41. The highest BCUT2D eigenvalue weighted by atomic mass is 32.2. The van der Waals surface area contributed by atoms with Crippen molar-refractivity contribution in [3.05, 3.63) is 0 Å². The van der Waals surface area contributed by atoms with Gasteiger partial charge in [0.25, 0.3) is 0 Å². The topological polar surface area (TPSA) is 12.0 Å². The van der Waals surface area contributed by atoms with Gasteiger partial charge in [-0.1, -0.05) is 27.7 Å². The molecule has 0 aromatic heterocycles. The monoisotopic (exact) mass is 229 g/mol. The van der Waals surface area contributed by atoms with Crippen molar-refractivity contribution in [1.82, 2.24) is 5.32 Å². The molecule has 2 atom stereocenters. The van der Waals surface area contributed by atoms with Gasteiger partial charge in [0.05, 0.1) is 0 Å². The zero-order chi connectivity index (χ0) is 11.5. The summed E-state index contributed by atoms with van der Waals surface area (Å²) < 4.78 is 0. The standard InChI is InChI=1S/C13H27NS/c1-10(2)8-11(3)14-12-9-15-7-6-13(12,4)5/h10-12,14H,6-9H2,1-5H3. The van der Waals surface area contributed by atoms with E-state index in [0.29, 0.717) is 17.5 Å². The van der Waals surface area contributed by atoms with Crippen molar-refractivity contribution in [3.8, 4) is 0 Å². The SMILES string of the molecule is CC(C)CC(C)NC1CSCCC1(C)C. The minimum Gasteiger partial charge on any atom is -0.310 e. The molecule has 15 heavy (non-hydrogen) atoms. The second-order valence-electron chi connectivity index (χ2n) is 6.06. The molecule has 90 valence electrons. The Morgan fingerprint density at radius 1 is 1.33 bits per heavy atom. The Morgan fingerprint density at radius 2 is 2.00 bits per heavy atom. The van der Waals surface area contributed by atoms with Crippen molar-refractivity contribution >= 4 is 11.8 Å². The van der Waals surface area contributed by atoms with Gasteiger partial charge >= 0.3 is 0 Å². The van der Waals surface area contributed by atoms with Gasteiger partial charge in [-0.25, -0.2) is 0 Å². The fraction of sp³-hybridized carbons (Fsp3) is 1.00. The molecule has 1 aliphatic heterocycles. The molecular weight excluding hydrogens is 202 g/mol. The van der Waals surface area contributed by atoms with Gasteiger partial charge < -0.3 is 5.32 Å². The van der Waals surface area contributed by atoms with E-state index in [9.17, 15) is 0 Å². The third-order valence-corrected chi connectivity index (χ3v) is 4.49. The summed E-state index contributed by atoms with van der Waals surface area (Å²) in [7, 11) is 0. The zero-order valence-electron chi connectivity index (χ0n) is 11.0. The lowest BCUT2D eigenvalue weighted by atomic mass is 9.81. The molecule has 1 saturated heterocycles. The number of hydrogen-bond donors (Lipinski definition) is 1. The average Bonchev–Trinajstić information content (AvgIpc) is 2.07. The van der Waals surface area contributed by atoms with Crippen molar-refractivity contribution in [2.75, 3.05) is 11.5 Å². The summed E-state index contributed by atoms with van der Waals surface area (Å²) in [6, 6.07) is 1.36. The smallest absolute Gasteiger partial charge is 0.0212 e. The molecule has 0 spiro atoms. The Labute approximate surface area is 99.8 Å². The van der Waals surface area contributed by atoms with Crippen LogP contribution in [-0.4, -0.2) is 23.6 Å². The van der Waals surface area contributed by atoms with Crippen LogP contribution in [-0.2, 0) is 0 Å². The maximum absolute atomic E-state index is 3.82. The van der Waals surface area contributed by atoms with E-state index < -0.39 is 0 Å². The first-order chi connectivity index (χ1) is 6.92. The lowest BCUT2D eigenvalue weighted by Crippen LogP contribution is -2.50. The van der Waals surface area contributed by atoms with Gasteiger partial charge in [-0.3, -0.25) is 0 Å². The first-order valence-electron chi connectivity index (χ1n) is 6.25. The molecule has 0 aliphatic carbocycles. The lowest BCUT2D eigenvalue weighted by molar-refractivity contribution is 0.223. The largest absolute Gasteiger partial charge is 0.310 e. The molecule has 2 unspecified atom stereocenters. The van der Waals surface area contributed by atoms with Crippen molar-refractivity contribution in [2.45, 2.75) is 59.5 Å². The second-order valence-corrected chi connectivity index (χ2v) is 7.21. The van der Waals surface area contributed by atoms with Gasteiger partial charge in [0, 0.05) is 17.8 Å². The molecule has 0 saturated carbocycles. The summed E-state index contributed by atoms with van der Waals surface area (Å²) in [5.74, 6) is 3.42. The Bertz CT molecular complexity index is 189. The summed E-state index contributed by atoms with van der Waals surface area (Å²) in [6.45, 7) is 11.8. The van der Waals surface area contributed by atoms with Crippen LogP contribution in [0.3, 0.4) is 0 Å². The first-order valence-corrected chi connectivity index (χ1v) is 7.41. The highest BCUT2D eigenvalue weighted by Gasteiger charge is 2.32. The van der Waals surface area contributed by atoms with E-state index in [2.05, 4.69) is 51.7 Å². The third kappa shape index (κ3) is 4.36. The van der Waals surface area contributed by atoms with E-state index in [1.165, 1.54) is 24.3 Å². The zero-order valence-corrected chi connectivity index (χ0v) is 11.8. The lowest BCUT2D eigenvalue weighted by Gasteiger charge is -2.40. The quantitative estimate of drug-likeness (QED) is 0.791. The van der Waals surface area contributed by atoms with Crippen LogP contribution in [0.4, 0.5) is 0 Å². The third-order valence-electron chi connectivity index (χ3n) is 3.43. The maximum atomic E-state index is 3.82. The van der Waals surface area contributed by atoms with Gasteiger partial charge in [0.2, 0.25) is 0 Å². The van der Waals surface area contributed by atoms with Gasteiger partial charge in [0.1, 0.15) is 0 Å². The molecule has 0 aromatic rings. The highest BCUT2D eigenvalue weighted by molar-refractivity contribution is 7.99. The summed E-state index contributed by atoms with van der Waals surface area (Å²) in [5.41, 5.74) is 0.483. The van der Waals surface area contributed by atoms with Crippen molar-refractivity contribution in [3.63, 3.8) is 0 Å². The minimum atomic E-state index is 0.483. The van der Waals surface area contributed by atoms with E-state index in [4.69, 9.17) is 0 Å². The summed E-state index contributed by atoms with van der Waals surface area (Å²) >= 11 is 2.10. The van der Waals surface area contributed by atoms with E-state index in [0.717, 1.165) is 5.92 Å². The van der Waals surface area contributed by atoms with Gasteiger partial charge in [0.15, 0.2) is 0 Å². The number of nitrogens with one attached hydrogen (secondary N) is 1. The predicted octanol–water partition coefficient (Wildman–Crippen LogP) is 3.54. The molecule has 1 fully saturated rings. The van der Waals surface area contributed by atoms with Crippen molar-refractivity contribution < 1.29 is 0 Å². The molecular formula is C13H27NS. The summed E-state index contributed by atoms with van der Waals surface area (Å²) in [4.78, 5) is 0. The second kappa shape index (κ2) is 5.58. The van der Waals surface area contributed by atoms with E-state index >= 15 is 0 Å². The number of hydrogen-bond acceptors (Lipinski definition) is 2. The van der Waals surface area contributed by atoms with Crippen molar-refractivity contribution in [1.29, 1.82) is 0 Å². The molecule has 1 aliphatic rings. The van der Waals surface area contributed by atoms with E-state index in [-0.39, 0.29) is 0 Å². The van der Waals surface area contributed by atoms with Crippen LogP contribution in [0.5, 0.6) is 0 Å². The predicted molar refractivity (Wildman–Crippen MR) is 71.6 cm³/mol. The molecule has 0 bridgehead atoms.